The van der Waals surface area contributed by atoms with Crippen LogP contribution in [0, 0.1) is 5.82 Å². The number of nitrogens with one attached hydrogen (secondary N) is 2. The lowest BCUT2D eigenvalue weighted by Gasteiger charge is -2.14. The van der Waals surface area contributed by atoms with E-state index in [-0.39, 0.29) is 36.4 Å². The number of carbonyl (C=O) groups excluding carboxylic acids is 1. The number of nitrogens with zero attached hydrogens (tertiary/aromatic N) is 5. The first-order valence-corrected chi connectivity index (χ1v) is 12.4. The molecule has 3 heterocycles. The predicted octanol–water partition coefficient (Wildman–Crippen LogP) is 5.40. The van der Waals surface area contributed by atoms with Crippen LogP contribution in [-0.2, 0) is 23.7 Å². The van der Waals surface area contributed by atoms with Gasteiger partial charge in [0.1, 0.15) is 11.2 Å². The standard InChI is InChI=1S/C26H23F4N7O2/c1-37-13-19(23(35-37)14-2-3-14)33-24-31-11-17(12-32-24)15-4-5-16(18(27)8-15)9-22(38)34-21-10-20(39-36-21)25(6-7-25)26(28,29)30/h4-5,8,10-14H,2-3,6-7,9H2,1H3,(H,31,32,33)(H,34,36,38). The monoisotopic (exact) mass is 541 g/mol. The van der Waals surface area contributed by atoms with Gasteiger partial charge in [-0.2, -0.15) is 18.3 Å². The van der Waals surface area contributed by atoms with Gasteiger partial charge in [-0.1, -0.05) is 17.3 Å². The fraction of sp³-hybridized carbons (Fsp3) is 0.346. The SMILES string of the molecule is Cn1cc(Nc2ncc(-c3ccc(CC(=O)Nc4cc(C5(C(F)(F)F)CC5)on4)c(F)c3)cn2)c(C2CC2)n1. The first kappa shape index (κ1) is 25.0. The van der Waals surface area contributed by atoms with E-state index >= 15 is 0 Å². The highest BCUT2D eigenvalue weighted by molar-refractivity contribution is 5.91. The zero-order chi connectivity index (χ0) is 27.4. The number of carbonyl (C=O) groups is 1. The lowest BCUT2D eigenvalue weighted by atomic mass is 10.0. The molecule has 1 aromatic carbocycles. The summed E-state index contributed by atoms with van der Waals surface area (Å²) in [5.41, 5.74) is 1.02. The molecule has 2 aliphatic rings. The molecule has 2 aliphatic carbocycles. The van der Waals surface area contributed by atoms with Crippen LogP contribution in [0.1, 0.15) is 48.6 Å². The maximum absolute atomic E-state index is 14.8. The van der Waals surface area contributed by atoms with Crippen LogP contribution in [-0.4, -0.2) is 37.0 Å². The number of aryl methyl sites for hydroxylation is 1. The second-order valence-electron chi connectivity index (χ2n) is 9.98. The van der Waals surface area contributed by atoms with Crippen LogP contribution < -0.4 is 10.6 Å². The van der Waals surface area contributed by atoms with Gasteiger partial charge in [0.2, 0.25) is 11.9 Å². The van der Waals surface area contributed by atoms with Gasteiger partial charge in [0, 0.05) is 43.2 Å². The molecule has 0 atom stereocenters. The van der Waals surface area contributed by atoms with E-state index in [4.69, 9.17) is 4.52 Å². The molecule has 0 aliphatic heterocycles. The number of alkyl halides is 3. The number of benzene rings is 1. The molecule has 13 heteroatoms. The molecule has 9 nitrogen and oxygen atoms in total. The Morgan fingerprint density at radius 3 is 2.54 bits per heavy atom. The predicted molar refractivity (Wildman–Crippen MR) is 132 cm³/mol. The summed E-state index contributed by atoms with van der Waals surface area (Å²) in [6.45, 7) is 0. The molecule has 6 rings (SSSR count). The Hall–Kier alpha value is -4.29. The van der Waals surface area contributed by atoms with Gasteiger partial charge in [-0.3, -0.25) is 9.48 Å². The van der Waals surface area contributed by atoms with E-state index in [0.717, 1.165) is 30.3 Å². The van der Waals surface area contributed by atoms with Crippen molar-refractivity contribution in [3.05, 3.63) is 65.7 Å². The van der Waals surface area contributed by atoms with Crippen LogP contribution in [0.4, 0.5) is 35.0 Å². The highest BCUT2D eigenvalue weighted by atomic mass is 19.4. The van der Waals surface area contributed by atoms with Gasteiger partial charge < -0.3 is 15.2 Å². The number of rotatable bonds is 8. The highest BCUT2D eigenvalue weighted by Gasteiger charge is 2.66. The minimum atomic E-state index is -4.46. The van der Waals surface area contributed by atoms with Crippen LogP contribution >= 0.6 is 0 Å². The highest BCUT2D eigenvalue weighted by Crippen LogP contribution is 2.59. The molecule has 3 aromatic heterocycles. The molecule has 1 amide bonds. The van der Waals surface area contributed by atoms with Crippen molar-refractivity contribution in [1.82, 2.24) is 24.9 Å². The van der Waals surface area contributed by atoms with Gasteiger partial charge in [-0.25, -0.2) is 14.4 Å². The van der Waals surface area contributed by atoms with Gasteiger partial charge in [-0.05, 0) is 42.9 Å². The van der Waals surface area contributed by atoms with Crippen LogP contribution in [0.5, 0.6) is 0 Å². The maximum atomic E-state index is 14.8. The molecule has 2 N–H and O–H groups in total. The molecule has 0 bridgehead atoms. The third-order valence-corrected chi connectivity index (χ3v) is 7.00. The zero-order valence-electron chi connectivity index (χ0n) is 20.7. The Labute approximate surface area is 219 Å². The molecule has 2 fully saturated rings. The van der Waals surface area contributed by atoms with Crippen molar-refractivity contribution >= 4 is 23.4 Å². The normalized spacial score (nSPS) is 16.2. The number of aromatic nitrogens is 5. The molecule has 0 radical (unpaired) electrons. The molecule has 0 unspecified atom stereocenters. The quantitative estimate of drug-likeness (QED) is 0.287. The fourth-order valence-electron chi connectivity index (χ4n) is 4.51. The molecule has 4 aromatic rings. The van der Waals surface area contributed by atoms with Crippen molar-refractivity contribution in [3.8, 4) is 11.1 Å². The van der Waals surface area contributed by atoms with E-state index in [2.05, 4.69) is 30.9 Å². The Morgan fingerprint density at radius 1 is 1.15 bits per heavy atom. The number of hydrogen-bond acceptors (Lipinski definition) is 7. The van der Waals surface area contributed by atoms with E-state index in [9.17, 15) is 22.4 Å². The average molecular weight is 542 g/mol. The Kier molecular flexibility index (Phi) is 5.88. The summed E-state index contributed by atoms with van der Waals surface area (Å²) in [5.74, 6) is -0.908. The van der Waals surface area contributed by atoms with Gasteiger partial charge in [0.25, 0.3) is 0 Å². The zero-order valence-corrected chi connectivity index (χ0v) is 20.7. The van der Waals surface area contributed by atoms with E-state index in [1.54, 1.807) is 23.1 Å². The first-order valence-electron chi connectivity index (χ1n) is 12.4. The number of hydrogen-bond donors (Lipinski definition) is 2. The summed E-state index contributed by atoms with van der Waals surface area (Å²) in [4.78, 5) is 21.1. The van der Waals surface area contributed by atoms with E-state index in [1.165, 1.54) is 12.1 Å². The molecule has 39 heavy (non-hydrogen) atoms. The van der Waals surface area contributed by atoms with Crippen molar-refractivity contribution in [2.24, 2.45) is 7.05 Å². The van der Waals surface area contributed by atoms with Crippen LogP contribution in [0.2, 0.25) is 0 Å². The molecule has 0 spiro atoms. The van der Waals surface area contributed by atoms with Gasteiger partial charge in [0.15, 0.2) is 11.6 Å². The minimum absolute atomic E-state index is 0.0905. The minimum Gasteiger partial charge on any atom is -0.358 e. The van der Waals surface area contributed by atoms with Crippen molar-refractivity contribution in [2.45, 2.75) is 49.6 Å². The summed E-state index contributed by atoms with van der Waals surface area (Å²) in [5, 5.41) is 13.6. The maximum Gasteiger partial charge on any atom is 0.401 e. The molecule has 202 valence electrons. The second kappa shape index (κ2) is 9.17. The van der Waals surface area contributed by atoms with Crippen molar-refractivity contribution in [2.75, 3.05) is 10.6 Å². The smallest absolute Gasteiger partial charge is 0.358 e. The number of halogens is 4. The third-order valence-electron chi connectivity index (χ3n) is 7.00. The summed E-state index contributed by atoms with van der Waals surface area (Å²) in [6, 6.07) is 5.44. The molecular weight excluding hydrogens is 518 g/mol. The van der Waals surface area contributed by atoms with Crippen molar-refractivity contribution in [3.63, 3.8) is 0 Å². The molecule has 0 saturated heterocycles. The topological polar surface area (TPSA) is 111 Å². The van der Waals surface area contributed by atoms with E-state index < -0.39 is 23.3 Å². The molecular formula is C26H23F4N7O2. The summed E-state index contributed by atoms with van der Waals surface area (Å²) < 4.78 is 61.2. The number of anilines is 3. The largest absolute Gasteiger partial charge is 0.401 e. The first-order chi connectivity index (χ1) is 18.6. The fourth-order valence-corrected chi connectivity index (χ4v) is 4.51. The van der Waals surface area contributed by atoms with Crippen LogP contribution in [0.3, 0.4) is 0 Å². The van der Waals surface area contributed by atoms with Crippen molar-refractivity contribution in [1.29, 1.82) is 0 Å². The van der Waals surface area contributed by atoms with Gasteiger partial charge in [-0.15, -0.1) is 0 Å². The third kappa shape index (κ3) is 4.95. The summed E-state index contributed by atoms with van der Waals surface area (Å²) in [6.07, 6.45) is 2.25. The van der Waals surface area contributed by atoms with Crippen LogP contribution in [0.25, 0.3) is 11.1 Å². The van der Waals surface area contributed by atoms with E-state index in [0.29, 0.717) is 23.0 Å². The Bertz CT molecular complexity index is 1540. The van der Waals surface area contributed by atoms with Crippen LogP contribution in [0.15, 0.2) is 47.4 Å². The van der Waals surface area contributed by atoms with Gasteiger partial charge >= 0.3 is 6.18 Å². The number of amides is 1. The van der Waals surface area contributed by atoms with Crippen molar-refractivity contribution < 1.29 is 26.9 Å². The van der Waals surface area contributed by atoms with E-state index in [1.807, 2.05) is 13.2 Å². The molecule has 2 saturated carbocycles. The second-order valence-corrected chi connectivity index (χ2v) is 9.98. The lowest BCUT2D eigenvalue weighted by molar-refractivity contribution is -0.165. The summed E-state index contributed by atoms with van der Waals surface area (Å²) in [7, 11) is 1.86. The lowest BCUT2D eigenvalue weighted by Crippen LogP contribution is -2.28. The van der Waals surface area contributed by atoms with Gasteiger partial charge in [0.05, 0.1) is 17.8 Å². The summed E-state index contributed by atoms with van der Waals surface area (Å²) >= 11 is 0. The average Bonchev–Trinajstić information content (AvgIpc) is 3.81. The Morgan fingerprint density at radius 2 is 1.90 bits per heavy atom. The Balaban J connectivity index is 1.09.